The third-order valence-corrected chi connectivity index (χ3v) is 7.96. The maximum Gasteiger partial charge on any atom is 0.434 e. The van der Waals surface area contributed by atoms with Gasteiger partial charge in [0.25, 0.3) is 0 Å². The van der Waals surface area contributed by atoms with Crippen LogP contribution in [0, 0.1) is 0 Å². The molecule has 0 spiro atoms. The molecule has 4 heterocycles. The number of benzene rings is 1. The number of carboxylic acids is 1. The fourth-order valence-corrected chi connectivity index (χ4v) is 5.69. The Bertz CT molecular complexity index is 1750. The second-order valence-corrected chi connectivity index (χ2v) is 10.9. The highest BCUT2D eigenvalue weighted by atomic mass is 32.1. The Morgan fingerprint density at radius 2 is 1.91 bits per heavy atom. The molecule has 1 fully saturated rings. The number of pyridine rings is 2. The van der Waals surface area contributed by atoms with Gasteiger partial charge in [-0.2, -0.15) is 13.2 Å². The molecule has 11 nitrogen and oxygen atoms in total. The highest BCUT2D eigenvalue weighted by molar-refractivity contribution is 7.13. The zero-order chi connectivity index (χ0) is 31.4. The molecular weight excluding hydrogens is 601 g/mol. The SMILES string of the molecule is CCCNC(=O)Nc1cc(-c2nc(C(F)(F)F)cs2)c(-c2ccc3c(c2)c(=O)c(C(=O)O)cn3CCN2CCOCC2)cn1. The molecule has 5 rings (SSSR count). The molecule has 1 aromatic carbocycles. The van der Waals surface area contributed by atoms with Crippen LogP contribution in [0.3, 0.4) is 0 Å². The topological polar surface area (TPSA) is 139 Å². The number of aromatic carboxylic acids is 1. The van der Waals surface area contributed by atoms with E-state index in [1.165, 1.54) is 24.5 Å². The molecule has 0 aliphatic carbocycles. The number of thiazole rings is 1. The van der Waals surface area contributed by atoms with Crippen molar-refractivity contribution < 1.29 is 32.6 Å². The molecule has 232 valence electrons. The molecule has 1 saturated heterocycles. The number of rotatable bonds is 9. The van der Waals surface area contributed by atoms with Gasteiger partial charge in [0.1, 0.15) is 16.4 Å². The van der Waals surface area contributed by atoms with E-state index in [1.807, 2.05) is 6.92 Å². The molecule has 1 aliphatic heterocycles. The van der Waals surface area contributed by atoms with Crippen LogP contribution in [0.15, 0.2) is 46.8 Å². The number of aromatic nitrogens is 3. The summed E-state index contributed by atoms with van der Waals surface area (Å²) in [6.07, 6.45) is -1.26. The van der Waals surface area contributed by atoms with Crippen molar-refractivity contribution in [2.75, 3.05) is 44.7 Å². The van der Waals surface area contributed by atoms with E-state index >= 15 is 0 Å². The molecule has 0 atom stereocenters. The predicted molar refractivity (Wildman–Crippen MR) is 159 cm³/mol. The van der Waals surface area contributed by atoms with Crippen molar-refractivity contribution in [3.05, 3.63) is 63.5 Å². The van der Waals surface area contributed by atoms with Crippen molar-refractivity contribution in [3.63, 3.8) is 0 Å². The van der Waals surface area contributed by atoms with Gasteiger partial charge in [-0.1, -0.05) is 13.0 Å². The zero-order valence-electron chi connectivity index (χ0n) is 23.6. The number of carbonyl (C=O) groups is 2. The molecule has 44 heavy (non-hydrogen) atoms. The minimum atomic E-state index is -4.66. The summed E-state index contributed by atoms with van der Waals surface area (Å²) >= 11 is 0.771. The van der Waals surface area contributed by atoms with Crippen LogP contribution in [0.5, 0.6) is 0 Å². The minimum Gasteiger partial charge on any atom is -0.477 e. The minimum absolute atomic E-state index is 0.0223. The number of hydrogen-bond acceptors (Lipinski definition) is 8. The Kier molecular flexibility index (Phi) is 9.27. The molecule has 0 radical (unpaired) electrons. The largest absolute Gasteiger partial charge is 0.477 e. The van der Waals surface area contributed by atoms with Crippen LogP contribution in [0.1, 0.15) is 29.4 Å². The molecule has 1 aliphatic rings. The second kappa shape index (κ2) is 13.1. The first-order valence-electron chi connectivity index (χ1n) is 13.8. The smallest absolute Gasteiger partial charge is 0.434 e. The van der Waals surface area contributed by atoms with Gasteiger partial charge in [-0.3, -0.25) is 15.0 Å². The van der Waals surface area contributed by atoms with Crippen molar-refractivity contribution in [1.82, 2.24) is 24.8 Å². The van der Waals surface area contributed by atoms with Gasteiger partial charge >= 0.3 is 18.2 Å². The zero-order valence-corrected chi connectivity index (χ0v) is 24.4. The fourth-order valence-electron chi connectivity index (χ4n) is 4.83. The maximum atomic E-state index is 13.4. The van der Waals surface area contributed by atoms with Gasteiger partial charge in [0.05, 0.1) is 18.7 Å². The van der Waals surface area contributed by atoms with Gasteiger partial charge in [0, 0.05) is 67.0 Å². The molecule has 0 unspecified atom stereocenters. The Hall–Kier alpha value is -4.34. The molecule has 3 aromatic heterocycles. The number of amides is 2. The van der Waals surface area contributed by atoms with Crippen LogP contribution < -0.4 is 16.1 Å². The van der Waals surface area contributed by atoms with Crippen molar-refractivity contribution in [1.29, 1.82) is 0 Å². The Balaban J connectivity index is 1.59. The van der Waals surface area contributed by atoms with Crippen LogP contribution in [-0.2, 0) is 17.5 Å². The molecule has 4 aromatic rings. The molecule has 3 N–H and O–H groups in total. The fraction of sp³-hybridized carbons (Fsp3) is 0.345. The Morgan fingerprint density at radius 1 is 1.14 bits per heavy atom. The molecule has 15 heteroatoms. The first kappa shape index (κ1) is 31.1. The highest BCUT2D eigenvalue weighted by Gasteiger charge is 2.34. The lowest BCUT2D eigenvalue weighted by atomic mass is 9.99. The molecule has 0 saturated carbocycles. The number of halogens is 3. The average molecular weight is 631 g/mol. The molecule has 0 bridgehead atoms. The van der Waals surface area contributed by atoms with Gasteiger partial charge < -0.3 is 19.7 Å². The average Bonchev–Trinajstić information content (AvgIpc) is 3.51. The highest BCUT2D eigenvalue weighted by Crippen LogP contribution is 2.39. The first-order valence-corrected chi connectivity index (χ1v) is 14.7. The normalized spacial score (nSPS) is 14.1. The van der Waals surface area contributed by atoms with Gasteiger partial charge in [0.2, 0.25) is 5.43 Å². The quantitative estimate of drug-likeness (QED) is 0.241. The van der Waals surface area contributed by atoms with E-state index in [9.17, 15) is 32.7 Å². The molecular formula is C29H29F3N6O5S. The predicted octanol–water partition coefficient (Wildman–Crippen LogP) is 4.77. The third kappa shape index (κ3) is 6.90. The van der Waals surface area contributed by atoms with Crippen molar-refractivity contribution >= 4 is 40.1 Å². The van der Waals surface area contributed by atoms with Crippen molar-refractivity contribution in [2.24, 2.45) is 0 Å². The van der Waals surface area contributed by atoms with Crippen LogP contribution in [0.25, 0.3) is 32.6 Å². The Labute approximate surface area is 253 Å². The van der Waals surface area contributed by atoms with Crippen molar-refractivity contribution in [2.45, 2.75) is 26.1 Å². The number of ether oxygens (including phenoxy) is 1. The van der Waals surface area contributed by atoms with E-state index in [0.29, 0.717) is 55.9 Å². The van der Waals surface area contributed by atoms with E-state index in [2.05, 4.69) is 25.5 Å². The van der Waals surface area contributed by atoms with Crippen LogP contribution >= 0.6 is 11.3 Å². The summed E-state index contributed by atoms with van der Waals surface area (Å²) < 4.78 is 47.4. The van der Waals surface area contributed by atoms with Gasteiger partial charge in [-0.15, -0.1) is 11.3 Å². The van der Waals surface area contributed by atoms with Crippen molar-refractivity contribution in [3.8, 4) is 21.7 Å². The van der Waals surface area contributed by atoms with Gasteiger partial charge in [-0.05, 0) is 30.2 Å². The summed E-state index contributed by atoms with van der Waals surface area (Å²) in [4.78, 5) is 47.8. The van der Waals surface area contributed by atoms with Crippen LogP contribution in [-0.4, -0.2) is 75.9 Å². The van der Waals surface area contributed by atoms with E-state index in [-0.39, 0.29) is 21.8 Å². The van der Waals surface area contributed by atoms with E-state index in [1.54, 1.807) is 16.7 Å². The first-order chi connectivity index (χ1) is 21.0. The standard InChI is InChI=1S/C29H29F3N6O5S/c1-2-5-33-28(42)36-24-13-18(26-35-23(16-44-26)29(30,31)32)20(14-34-24)17-3-4-22-19(12-17)25(39)21(27(40)41)15-38(22)7-6-37-8-10-43-11-9-37/h3-4,12-16H,2,5-11H2,1H3,(H,40,41)(H2,33,34,36,42). The number of alkyl halides is 3. The summed E-state index contributed by atoms with van der Waals surface area (Å²) in [5.74, 6) is -1.29. The number of nitrogens with one attached hydrogen (secondary N) is 2. The lowest BCUT2D eigenvalue weighted by Crippen LogP contribution is -2.38. The Morgan fingerprint density at radius 3 is 2.59 bits per heavy atom. The summed E-state index contributed by atoms with van der Waals surface area (Å²) in [7, 11) is 0. The van der Waals surface area contributed by atoms with Gasteiger partial charge in [-0.25, -0.2) is 19.6 Å². The number of carboxylic acid groups (broad SMARTS) is 1. The summed E-state index contributed by atoms with van der Waals surface area (Å²) in [6, 6.07) is 5.76. The number of fused-ring (bicyclic) bond motifs is 1. The number of morpholine rings is 1. The number of anilines is 1. The van der Waals surface area contributed by atoms with E-state index in [4.69, 9.17) is 4.74 Å². The summed E-state index contributed by atoms with van der Waals surface area (Å²) in [6.45, 7) is 6.01. The number of nitrogens with zero attached hydrogens (tertiary/aromatic N) is 4. The summed E-state index contributed by atoms with van der Waals surface area (Å²) in [5, 5.41) is 16.0. The van der Waals surface area contributed by atoms with Gasteiger partial charge in [0.15, 0.2) is 5.69 Å². The lowest BCUT2D eigenvalue weighted by Gasteiger charge is -2.27. The van der Waals surface area contributed by atoms with E-state index in [0.717, 1.165) is 29.8 Å². The number of carbonyl (C=O) groups excluding carboxylic acids is 1. The lowest BCUT2D eigenvalue weighted by molar-refractivity contribution is -0.140. The summed E-state index contributed by atoms with van der Waals surface area (Å²) in [5.41, 5.74) is -0.658. The molecule has 2 amide bonds. The second-order valence-electron chi connectivity index (χ2n) is 10.1. The number of hydrogen-bond donors (Lipinski definition) is 3. The number of urea groups is 1. The third-order valence-electron chi connectivity index (χ3n) is 7.09. The van der Waals surface area contributed by atoms with Crippen LogP contribution in [0.2, 0.25) is 0 Å². The monoisotopic (exact) mass is 630 g/mol. The van der Waals surface area contributed by atoms with Crippen LogP contribution in [0.4, 0.5) is 23.8 Å². The maximum absolute atomic E-state index is 13.4. The van der Waals surface area contributed by atoms with E-state index < -0.39 is 34.9 Å².